The van der Waals surface area contributed by atoms with Gasteiger partial charge in [0.15, 0.2) is 0 Å². The summed E-state index contributed by atoms with van der Waals surface area (Å²) in [6, 6.07) is 9.16. The van der Waals surface area contributed by atoms with Gasteiger partial charge in [0.1, 0.15) is 6.04 Å². The molecule has 0 radical (unpaired) electrons. The lowest BCUT2D eigenvalue weighted by Crippen LogP contribution is -2.53. The zero-order valence-corrected chi connectivity index (χ0v) is 12.3. The summed E-state index contributed by atoms with van der Waals surface area (Å²) >= 11 is 0. The Bertz CT molecular complexity index is 453. The van der Waals surface area contributed by atoms with Crippen molar-refractivity contribution in [3.8, 4) is 0 Å². The highest BCUT2D eigenvalue weighted by molar-refractivity contribution is 6.00. The van der Waals surface area contributed by atoms with Crippen molar-refractivity contribution in [2.24, 2.45) is 0 Å². The van der Waals surface area contributed by atoms with Gasteiger partial charge in [0.25, 0.3) is 0 Å². The summed E-state index contributed by atoms with van der Waals surface area (Å²) in [4.78, 5) is 25.7. The molecule has 1 atom stereocenters. The number of para-hydroxylation sites is 1. The van der Waals surface area contributed by atoms with Crippen molar-refractivity contribution in [3.63, 3.8) is 0 Å². The van der Waals surface area contributed by atoms with Crippen molar-refractivity contribution in [3.05, 3.63) is 30.3 Å². The van der Waals surface area contributed by atoms with Crippen molar-refractivity contribution in [2.45, 2.75) is 18.9 Å². The fourth-order valence-corrected chi connectivity index (χ4v) is 2.28. The van der Waals surface area contributed by atoms with E-state index in [2.05, 4.69) is 10.6 Å². The Morgan fingerprint density at radius 3 is 2.70 bits per heavy atom. The van der Waals surface area contributed by atoms with Gasteiger partial charge in [0.2, 0.25) is 11.8 Å². The van der Waals surface area contributed by atoms with Crippen molar-refractivity contribution < 1.29 is 9.59 Å². The van der Waals surface area contributed by atoms with Crippen LogP contribution < -0.4 is 15.5 Å². The van der Waals surface area contributed by atoms with Gasteiger partial charge in [-0.05, 0) is 32.0 Å². The SMILES string of the molecule is CNCC(=O)NC1CCCN(c2ccccc2)C1=O.Cl. The van der Waals surface area contributed by atoms with E-state index in [-0.39, 0.29) is 30.8 Å². The maximum atomic E-state index is 12.4. The molecule has 2 amide bonds. The molecule has 0 saturated carbocycles. The number of nitrogens with one attached hydrogen (secondary N) is 2. The van der Waals surface area contributed by atoms with Crippen LogP contribution in [0.15, 0.2) is 30.3 Å². The van der Waals surface area contributed by atoms with Crippen LogP contribution in [-0.2, 0) is 9.59 Å². The smallest absolute Gasteiger partial charge is 0.249 e. The first kappa shape index (κ1) is 16.5. The second kappa shape index (κ2) is 7.87. The summed E-state index contributed by atoms with van der Waals surface area (Å²) < 4.78 is 0. The molecule has 0 bridgehead atoms. The van der Waals surface area contributed by atoms with Crippen LogP contribution in [0.5, 0.6) is 0 Å². The van der Waals surface area contributed by atoms with Gasteiger partial charge in [-0.15, -0.1) is 12.4 Å². The molecule has 2 rings (SSSR count). The Kier molecular flexibility index (Phi) is 6.48. The predicted octanol–water partition coefficient (Wildman–Crippen LogP) is 0.939. The lowest BCUT2D eigenvalue weighted by Gasteiger charge is -2.32. The fraction of sp³-hybridized carbons (Fsp3) is 0.429. The van der Waals surface area contributed by atoms with Gasteiger partial charge in [-0.1, -0.05) is 18.2 Å². The van der Waals surface area contributed by atoms with Crippen LogP contribution in [0.1, 0.15) is 12.8 Å². The monoisotopic (exact) mass is 297 g/mol. The predicted molar refractivity (Wildman–Crippen MR) is 81.1 cm³/mol. The topological polar surface area (TPSA) is 61.4 Å². The van der Waals surface area contributed by atoms with Gasteiger partial charge in [0.05, 0.1) is 6.54 Å². The lowest BCUT2D eigenvalue weighted by atomic mass is 10.0. The number of rotatable bonds is 4. The molecule has 6 heteroatoms. The first-order chi connectivity index (χ1) is 9.22. The van der Waals surface area contributed by atoms with E-state index in [4.69, 9.17) is 0 Å². The molecule has 1 aromatic rings. The van der Waals surface area contributed by atoms with Crippen LogP contribution >= 0.6 is 12.4 Å². The Labute approximate surface area is 125 Å². The van der Waals surface area contributed by atoms with Gasteiger partial charge in [0, 0.05) is 12.2 Å². The Morgan fingerprint density at radius 2 is 2.05 bits per heavy atom. The molecule has 2 N–H and O–H groups in total. The second-order valence-corrected chi connectivity index (χ2v) is 4.62. The molecule has 5 nitrogen and oxygen atoms in total. The van der Waals surface area contributed by atoms with Crippen molar-refractivity contribution in [2.75, 3.05) is 25.0 Å². The number of hydrogen-bond acceptors (Lipinski definition) is 3. The summed E-state index contributed by atoms with van der Waals surface area (Å²) in [5.74, 6) is -0.169. The highest BCUT2D eigenvalue weighted by atomic mass is 35.5. The van der Waals surface area contributed by atoms with Crippen LogP contribution in [0.4, 0.5) is 5.69 Å². The van der Waals surface area contributed by atoms with Gasteiger partial charge in [-0.25, -0.2) is 0 Å². The number of likely N-dealkylation sites (N-methyl/N-ethyl adjacent to an activating group) is 1. The van der Waals surface area contributed by atoms with Crippen LogP contribution in [0.2, 0.25) is 0 Å². The molecule has 1 aliphatic heterocycles. The lowest BCUT2D eigenvalue weighted by molar-refractivity contribution is -0.128. The van der Waals surface area contributed by atoms with E-state index >= 15 is 0 Å². The average Bonchev–Trinajstić information content (AvgIpc) is 2.42. The normalized spacial score (nSPS) is 18.4. The Balaban J connectivity index is 0.00000200. The van der Waals surface area contributed by atoms with Crippen LogP contribution in [0.3, 0.4) is 0 Å². The van der Waals surface area contributed by atoms with Gasteiger partial charge >= 0.3 is 0 Å². The highest BCUT2D eigenvalue weighted by Gasteiger charge is 2.30. The molecule has 1 aromatic carbocycles. The summed E-state index contributed by atoms with van der Waals surface area (Å²) in [6.07, 6.45) is 1.60. The molecule has 20 heavy (non-hydrogen) atoms. The van der Waals surface area contributed by atoms with Crippen molar-refractivity contribution in [1.29, 1.82) is 0 Å². The minimum Gasteiger partial charge on any atom is -0.343 e. The molecule has 1 aliphatic rings. The number of carbonyl (C=O) groups excluding carboxylic acids is 2. The zero-order valence-electron chi connectivity index (χ0n) is 11.5. The van der Waals surface area contributed by atoms with E-state index < -0.39 is 6.04 Å². The number of anilines is 1. The van der Waals surface area contributed by atoms with Gasteiger partial charge in [-0.2, -0.15) is 0 Å². The maximum absolute atomic E-state index is 12.4. The zero-order chi connectivity index (χ0) is 13.7. The van der Waals surface area contributed by atoms with E-state index in [1.165, 1.54) is 0 Å². The average molecular weight is 298 g/mol. The minimum absolute atomic E-state index is 0. The number of hydrogen-bond donors (Lipinski definition) is 2. The number of piperidine rings is 1. The Hall–Kier alpha value is -1.59. The van der Waals surface area contributed by atoms with Gasteiger partial charge in [-0.3, -0.25) is 9.59 Å². The summed E-state index contributed by atoms with van der Waals surface area (Å²) in [7, 11) is 1.71. The van der Waals surface area contributed by atoms with Crippen LogP contribution in [-0.4, -0.2) is 38.0 Å². The van der Waals surface area contributed by atoms with E-state index in [1.54, 1.807) is 11.9 Å². The quantitative estimate of drug-likeness (QED) is 0.869. The maximum Gasteiger partial charge on any atom is 0.249 e. The molecule has 110 valence electrons. The molecule has 1 saturated heterocycles. The molecule has 1 heterocycles. The summed E-state index contributed by atoms with van der Waals surface area (Å²) in [6.45, 7) is 0.941. The largest absolute Gasteiger partial charge is 0.343 e. The number of halogens is 1. The number of benzene rings is 1. The summed E-state index contributed by atoms with van der Waals surface area (Å²) in [5.41, 5.74) is 0.889. The van der Waals surface area contributed by atoms with E-state index in [9.17, 15) is 9.59 Å². The number of carbonyl (C=O) groups is 2. The number of amides is 2. The minimum atomic E-state index is -0.408. The fourth-order valence-electron chi connectivity index (χ4n) is 2.28. The van der Waals surface area contributed by atoms with Crippen molar-refractivity contribution >= 4 is 29.9 Å². The first-order valence-corrected chi connectivity index (χ1v) is 6.53. The van der Waals surface area contributed by atoms with E-state index in [0.29, 0.717) is 13.0 Å². The van der Waals surface area contributed by atoms with Crippen LogP contribution in [0, 0.1) is 0 Å². The second-order valence-electron chi connectivity index (χ2n) is 4.62. The molecule has 0 aromatic heterocycles. The molecule has 0 aliphatic carbocycles. The molecular weight excluding hydrogens is 278 g/mol. The third kappa shape index (κ3) is 3.95. The first-order valence-electron chi connectivity index (χ1n) is 6.53. The third-order valence-electron chi connectivity index (χ3n) is 3.18. The van der Waals surface area contributed by atoms with Crippen LogP contribution in [0.25, 0.3) is 0 Å². The molecular formula is C14H20ClN3O2. The highest BCUT2D eigenvalue weighted by Crippen LogP contribution is 2.20. The standard InChI is InChI=1S/C14H19N3O2.ClH/c1-15-10-13(18)16-12-8-5-9-17(14(12)19)11-6-3-2-4-7-11;/h2-4,6-7,12,15H,5,8-10H2,1H3,(H,16,18);1H. The Morgan fingerprint density at radius 1 is 1.35 bits per heavy atom. The van der Waals surface area contributed by atoms with E-state index in [1.807, 2.05) is 30.3 Å². The third-order valence-corrected chi connectivity index (χ3v) is 3.18. The van der Waals surface area contributed by atoms with Gasteiger partial charge < -0.3 is 15.5 Å². The number of nitrogens with zero attached hydrogens (tertiary/aromatic N) is 1. The molecule has 0 spiro atoms. The van der Waals surface area contributed by atoms with Crippen molar-refractivity contribution in [1.82, 2.24) is 10.6 Å². The summed E-state index contributed by atoms with van der Waals surface area (Å²) in [5, 5.41) is 5.55. The molecule has 1 fully saturated rings. The van der Waals surface area contributed by atoms with E-state index in [0.717, 1.165) is 12.1 Å². The molecule has 1 unspecified atom stereocenters.